The van der Waals surface area contributed by atoms with Crippen LogP contribution in [0.2, 0.25) is 0 Å². The van der Waals surface area contributed by atoms with Gasteiger partial charge in [-0.15, -0.1) is 0 Å². The first-order valence-electron chi connectivity index (χ1n) is 12.5. The number of hydrogen-bond acceptors (Lipinski definition) is 1. The summed E-state index contributed by atoms with van der Waals surface area (Å²) < 4.78 is 4.92. The summed E-state index contributed by atoms with van der Waals surface area (Å²) in [5.41, 5.74) is 6.27. The molecular weight excluding hydrogens is 414 g/mol. The average Bonchev–Trinajstić information content (AvgIpc) is 3.31. The predicted octanol–water partition coefficient (Wildman–Crippen LogP) is 7.04. The van der Waals surface area contributed by atoms with E-state index in [4.69, 9.17) is 4.99 Å². The van der Waals surface area contributed by atoms with Crippen LogP contribution in [0.1, 0.15) is 62.7 Å². The van der Waals surface area contributed by atoms with E-state index in [2.05, 4.69) is 127 Å². The fraction of sp³-hybridized carbons (Fsp3) is 0.290. The lowest BCUT2D eigenvalue weighted by atomic mass is 9.90. The van der Waals surface area contributed by atoms with Gasteiger partial charge in [0.05, 0.1) is 6.04 Å². The predicted molar refractivity (Wildman–Crippen MR) is 140 cm³/mol. The number of rotatable bonds is 6. The molecule has 0 N–H and O–H groups in total. The quantitative estimate of drug-likeness (QED) is 0.223. The van der Waals surface area contributed by atoms with E-state index in [0.717, 1.165) is 12.8 Å². The minimum absolute atomic E-state index is 0.115. The Bertz CT molecular complexity index is 1180. The van der Waals surface area contributed by atoms with Crippen LogP contribution in [0.25, 0.3) is 11.3 Å². The molecule has 0 saturated heterocycles. The van der Waals surface area contributed by atoms with Crippen molar-refractivity contribution < 1.29 is 4.57 Å². The minimum Gasteiger partial charge on any atom is -0.287 e. The summed E-state index contributed by atoms with van der Waals surface area (Å²) in [5.74, 6) is 0. The number of hydrogen-bond donors (Lipinski definition) is 0. The molecule has 172 valence electrons. The molecule has 0 spiro atoms. The van der Waals surface area contributed by atoms with E-state index in [1.807, 2.05) is 0 Å². The Morgan fingerprint density at radius 1 is 0.794 bits per heavy atom. The highest BCUT2D eigenvalue weighted by molar-refractivity contribution is 5.79. The molecule has 0 bridgehead atoms. The third-order valence-corrected chi connectivity index (χ3v) is 6.88. The zero-order valence-corrected chi connectivity index (χ0v) is 20.2. The van der Waals surface area contributed by atoms with Crippen LogP contribution in [-0.4, -0.2) is 16.3 Å². The second-order valence-corrected chi connectivity index (χ2v) is 9.57. The Balaban J connectivity index is 1.68. The van der Waals surface area contributed by atoms with Gasteiger partial charge in [-0.1, -0.05) is 97.4 Å². The number of aromatic nitrogens is 2. The zero-order chi connectivity index (χ0) is 23.3. The van der Waals surface area contributed by atoms with Crippen molar-refractivity contribution in [2.75, 3.05) is 0 Å². The van der Waals surface area contributed by atoms with E-state index in [0.29, 0.717) is 12.1 Å². The lowest BCUT2D eigenvalue weighted by Gasteiger charge is -2.27. The Morgan fingerprint density at radius 3 is 1.94 bits per heavy atom. The molecule has 0 radical (unpaired) electrons. The molecule has 1 aliphatic rings. The summed E-state index contributed by atoms with van der Waals surface area (Å²) in [4.78, 5) is 5.09. The number of nitrogens with zero attached hydrogens (tertiary/aromatic N) is 3. The first-order valence-corrected chi connectivity index (χ1v) is 12.5. The maximum atomic E-state index is 5.09. The summed E-state index contributed by atoms with van der Waals surface area (Å²) in [6, 6.07) is 33.3. The summed E-state index contributed by atoms with van der Waals surface area (Å²) in [6.07, 6.45) is 9.52. The molecule has 4 aromatic rings. The molecule has 1 saturated carbocycles. The molecule has 1 heterocycles. The van der Waals surface area contributed by atoms with Crippen LogP contribution < -0.4 is 4.57 Å². The summed E-state index contributed by atoms with van der Waals surface area (Å²) in [6.45, 7) is 4.25. The summed E-state index contributed by atoms with van der Waals surface area (Å²) in [7, 11) is 0. The van der Waals surface area contributed by atoms with E-state index >= 15 is 0 Å². The van der Waals surface area contributed by atoms with E-state index in [1.54, 1.807) is 0 Å². The van der Waals surface area contributed by atoms with Crippen LogP contribution in [0.4, 0.5) is 0 Å². The third kappa shape index (κ3) is 4.75. The monoisotopic (exact) mass is 448 g/mol. The second kappa shape index (κ2) is 10.2. The largest absolute Gasteiger partial charge is 0.287 e. The lowest BCUT2D eigenvalue weighted by molar-refractivity contribution is -0.704. The maximum absolute atomic E-state index is 5.09. The van der Waals surface area contributed by atoms with Gasteiger partial charge >= 0.3 is 0 Å². The standard InChI is InChI=1S/C31H34N3/c1-24(2)32-28-20-12-13-21-29(28)34-23-33(22-30(34)25-14-6-3-7-15-25)31(26-16-8-4-9-17-26)27-18-10-5-11-19-27/h3-11,14-19,22-23,28-29,31H,12-13,20-21H2,1-2H3/q+1/t28-,29-/m1/s1. The van der Waals surface area contributed by atoms with E-state index in [-0.39, 0.29) is 6.04 Å². The SMILES string of the molecule is CC(C)=N[C@@H]1CCCC[C@H]1n1c[n+](C(c2ccccc2)c2ccccc2)cc1-c1ccccc1. The van der Waals surface area contributed by atoms with Gasteiger partial charge in [0.2, 0.25) is 6.33 Å². The van der Waals surface area contributed by atoms with Gasteiger partial charge in [-0.25, -0.2) is 9.13 Å². The highest BCUT2D eigenvalue weighted by Gasteiger charge is 2.34. The fourth-order valence-corrected chi connectivity index (χ4v) is 5.39. The van der Waals surface area contributed by atoms with Gasteiger partial charge in [-0.2, -0.15) is 0 Å². The van der Waals surface area contributed by atoms with Gasteiger partial charge in [0.25, 0.3) is 0 Å². The van der Waals surface area contributed by atoms with Crippen molar-refractivity contribution >= 4 is 5.71 Å². The Kier molecular flexibility index (Phi) is 6.71. The van der Waals surface area contributed by atoms with E-state index in [9.17, 15) is 0 Å². The van der Waals surface area contributed by atoms with E-state index in [1.165, 1.54) is 40.9 Å². The molecule has 0 aliphatic heterocycles. The third-order valence-electron chi connectivity index (χ3n) is 6.88. The molecule has 0 amide bonds. The van der Waals surface area contributed by atoms with Gasteiger partial charge < -0.3 is 0 Å². The Hall–Kier alpha value is -3.46. The van der Waals surface area contributed by atoms with Gasteiger partial charge in [0.15, 0.2) is 11.7 Å². The molecule has 34 heavy (non-hydrogen) atoms. The highest BCUT2D eigenvalue weighted by Crippen LogP contribution is 2.35. The van der Waals surface area contributed by atoms with Crippen LogP contribution in [0.5, 0.6) is 0 Å². The summed E-state index contributed by atoms with van der Waals surface area (Å²) in [5, 5.41) is 0. The minimum atomic E-state index is 0.115. The van der Waals surface area contributed by atoms with Crippen molar-refractivity contribution in [3.05, 3.63) is 115 Å². The Morgan fingerprint density at radius 2 is 1.35 bits per heavy atom. The molecule has 1 fully saturated rings. The molecule has 3 aromatic carbocycles. The Labute approximate surface area is 203 Å². The fourth-order valence-electron chi connectivity index (χ4n) is 5.39. The first kappa shape index (κ1) is 22.3. The van der Waals surface area contributed by atoms with Crippen LogP contribution in [0, 0.1) is 0 Å². The van der Waals surface area contributed by atoms with Gasteiger partial charge in [0.1, 0.15) is 12.2 Å². The molecule has 3 nitrogen and oxygen atoms in total. The van der Waals surface area contributed by atoms with Crippen LogP contribution in [0.3, 0.4) is 0 Å². The molecule has 1 aromatic heterocycles. The van der Waals surface area contributed by atoms with Crippen molar-refractivity contribution in [3.63, 3.8) is 0 Å². The van der Waals surface area contributed by atoms with Gasteiger partial charge in [0, 0.05) is 22.4 Å². The molecule has 2 atom stereocenters. The molecule has 1 aliphatic carbocycles. The topological polar surface area (TPSA) is 21.2 Å². The molecule has 0 unspecified atom stereocenters. The maximum Gasteiger partial charge on any atom is 0.245 e. The van der Waals surface area contributed by atoms with Crippen LogP contribution in [-0.2, 0) is 0 Å². The second-order valence-electron chi connectivity index (χ2n) is 9.57. The molecular formula is C31H34N3+. The zero-order valence-electron chi connectivity index (χ0n) is 20.2. The van der Waals surface area contributed by atoms with Crippen molar-refractivity contribution in [1.82, 2.24) is 4.57 Å². The number of imidazole rings is 1. The highest BCUT2D eigenvalue weighted by atomic mass is 15.2. The van der Waals surface area contributed by atoms with Crippen LogP contribution >= 0.6 is 0 Å². The first-order chi connectivity index (χ1) is 16.7. The number of aliphatic imine (C=N–C) groups is 1. The van der Waals surface area contributed by atoms with Crippen LogP contribution in [0.15, 0.2) is 109 Å². The summed E-state index contributed by atoms with van der Waals surface area (Å²) >= 11 is 0. The van der Waals surface area contributed by atoms with Crippen molar-refractivity contribution in [2.45, 2.75) is 57.7 Å². The smallest absolute Gasteiger partial charge is 0.245 e. The number of benzene rings is 3. The van der Waals surface area contributed by atoms with Gasteiger partial charge in [-0.05, 0) is 33.1 Å². The van der Waals surface area contributed by atoms with Crippen molar-refractivity contribution in [2.24, 2.45) is 4.99 Å². The molecule has 5 rings (SSSR count). The lowest BCUT2D eigenvalue weighted by Crippen LogP contribution is -2.39. The van der Waals surface area contributed by atoms with Gasteiger partial charge in [-0.3, -0.25) is 4.99 Å². The van der Waals surface area contributed by atoms with E-state index < -0.39 is 0 Å². The molecule has 3 heteroatoms. The van der Waals surface area contributed by atoms with Crippen molar-refractivity contribution in [1.29, 1.82) is 0 Å². The van der Waals surface area contributed by atoms with Crippen molar-refractivity contribution in [3.8, 4) is 11.3 Å². The normalized spacial score (nSPS) is 18.1. The average molecular weight is 449 g/mol.